The summed E-state index contributed by atoms with van der Waals surface area (Å²) in [6, 6.07) is 4.39. The summed E-state index contributed by atoms with van der Waals surface area (Å²) in [6.45, 7) is 1.56. The molecule has 1 aromatic heterocycles. The minimum atomic E-state index is -4.38. The Balaban J connectivity index is 2.37. The second kappa shape index (κ2) is 4.29. The Morgan fingerprint density at radius 1 is 1.22 bits per heavy atom. The Labute approximate surface area is 100 Å². The number of aldehydes is 1. The van der Waals surface area contributed by atoms with Crippen LogP contribution in [0.5, 0.6) is 0 Å². The number of carbonyl (C=O) groups excluding carboxylic acids is 1. The molecule has 2 rings (SSSR count). The minimum absolute atomic E-state index is 0.128. The maximum absolute atomic E-state index is 12.4. The molecular weight excluding hydrogens is 247 g/mol. The smallest absolute Gasteiger partial charge is 0.416 e. The van der Waals surface area contributed by atoms with Crippen LogP contribution in [0, 0.1) is 6.92 Å². The number of rotatable bonds is 2. The molecule has 0 bridgehead atoms. The summed E-state index contributed by atoms with van der Waals surface area (Å²) >= 11 is 0. The molecule has 0 atom stereocenters. The molecule has 6 heteroatoms. The van der Waals surface area contributed by atoms with Gasteiger partial charge in [-0.1, -0.05) is 0 Å². The van der Waals surface area contributed by atoms with Gasteiger partial charge in [0.2, 0.25) is 5.89 Å². The quantitative estimate of drug-likeness (QED) is 0.771. The minimum Gasteiger partial charge on any atom is -0.441 e. The van der Waals surface area contributed by atoms with Gasteiger partial charge in [0, 0.05) is 5.56 Å². The van der Waals surface area contributed by atoms with E-state index in [9.17, 15) is 18.0 Å². The normalized spacial score (nSPS) is 11.6. The predicted molar refractivity (Wildman–Crippen MR) is 57.1 cm³/mol. The highest BCUT2D eigenvalue weighted by Crippen LogP contribution is 2.31. The first-order valence-electron chi connectivity index (χ1n) is 5.02. The molecule has 0 N–H and O–H groups in total. The molecule has 0 spiro atoms. The van der Waals surface area contributed by atoms with E-state index >= 15 is 0 Å². The number of aryl methyl sites for hydroxylation is 1. The van der Waals surface area contributed by atoms with Gasteiger partial charge in [-0.05, 0) is 31.2 Å². The van der Waals surface area contributed by atoms with Gasteiger partial charge in [-0.3, -0.25) is 4.79 Å². The first-order chi connectivity index (χ1) is 8.41. The number of nitrogens with zero attached hydrogens (tertiary/aromatic N) is 1. The number of benzene rings is 1. The fraction of sp³-hybridized carbons (Fsp3) is 0.167. The maximum atomic E-state index is 12.4. The maximum Gasteiger partial charge on any atom is 0.416 e. The van der Waals surface area contributed by atoms with Crippen molar-refractivity contribution in [1.29, 1.82) is 0 Å². The lowest BCUT2D eigenvalue weighted by molar-refractivity contribution is -0.137. The molecule has 1 heterocycles. The van der Waals surface area contributed by atoms with Gasteiger partial charge in [-0.2, -0.15) is 13.2 Å². The Bertz CT molecular complexity index is 570. The molecule has 0 unspecified atom stereocenters. The average Bonchev–Trinajstić information content (AvgIpc) is 2.69. The molecule has 0 aliphatic carbocycles. The van der Waals surface area contributed by atoms with Crippen LogP contribution >= 0.6 is 0 Å². The molecule has 0 radical (unpaired) electrons. The zero-order valence-corrected chi connectivity index (χ0v) is 9.28. The summed E-state index contributed by atoms with van der Waals surface area (Å²) in [4.78, 5) is 14.5. The van der Waals surface area contributed by atoms with Gasteiger partial charge in [0.15, 0.2) is 6.29 Å². The topological polar surface area (TPSA) is 43.1 Å². The average molecular weight is 255 g/mol. The number of hydrogen-bond donors (Lipinski definition) is 0. The Kier molecular flexibility index (Phi) is 2.94. The second-order valence-electron chi connectivity index (χ2n) is 3.65. The van der Waals surface area contributed by atoms with Gasteiger partial charge < -0.3 is 4.42 Å². The van der Waals surface area contributed by atoms with Crippen LogP contribution in [0.15, 0.2) is 28.7 Å². The zero-order valence-electron chi connectivity index (χ0n) is 9.28. The third-order valence-electron chi connectivity index (χ3n) is 2.40. The lowest BCUT2D eigenvalue weighted by atomic mass is 10.1. The number of halogens is 3. The highest BCUT2D eigenvalue weighted by atomic mass is 19.4. The largest absolute Gasteiger partial charge is 0.441 e. The van der Waals surface area contributed by atoms with E-state index in [0.29, 0.717) is 17.6 Å². The van der Waals surface area contributed by atoms with E-state index in [1.807, 2.05) is 0 Å². The van der Waals surface area contributed by atoms with Gasteiger partial charge in [-0.15, -0.1) is 0 Å². The van der Waals surface area contributed by atoms with Crippen LogP contribution in [0.3, 0.4) is 0 Å². The third kappa shape index (κ3) is 2.27. The van der Waals surface area contributed by atoms with E-state index in [-0.39, 0.29) is 11.6 Å². The summed E-state index contributed by atoms with van der Waals surface area (Å²) in [5.41, 5.74) is -0.214. The van der Waals surface area contributed by atoms with E-state index in [0.717, 1.165) is 12.1 Å². The van der Waals surface area contributed by atoms with Crippen molar-refractivity contribution in [3.8, 4) is 11.5 Å². The van der Waals surface area contributed by atoms with Gasteiger partial charge >= 0.3 is 6.18 Å². The lowest BCUT2D eigenvalue weighted by Gasteiger charge is -2.05. The molecule has 0 fully saturated rings. The van der Waals surface area contributed by atoms with Crippen LogP contribution in [-0.4, -0.2) is 11.3 Å². The standard InChI is InChI=1S/C12H8F3NO2/c1-7-10(6-17)16-11(18-7)8-2-4-9(5-3-8)12(13,14)15/h2-6H,1H3. The Morgan fingerprint density at radius 3 is 2.28 bits per heavy atom. The van der Waals surface area contributed by atoms with Gasteiger partial charge in [-0.25, -0.2) is 4.98 Å². The van der Waals surface area contributed by atoms with E-state index < -0.39 is 11.7 Å². The lowest BCUT2D eigenvalue weighted by Crippen LogP contribution is -2.03. The van der Waals surface area contributed by atoms with Gasteiger partial charge in [0.05, 0.1) is 5.56 Å². The number of aromatic nitrogens is 1. The molecule has 0 saturated carbocycles. The van der Waals surface area contributed by atoms with Gasteiger partial charge in [0.1, 0.15) is 11.5 Å². The van der Waals surface area contributed by atoms with E-state index in [1.165, 1.54) is 12.1 Å². The SMILES string of the molecule is Cc1oc(-c2ccc(C(F)(F)F)cc2)nc1C=O. The van der Waals surface area contributed by atoms with Crippen molar-refractivity contribution in [1.82, 2.24) is 4.98 Å². The summed E-state index contributed by atoms with van der Waals surface area (Å²) in [6.07, 6.45) is -3.84. The summed E-state index contributed by atoms with van der Waals surface area (Å²) in [5, 5.41) is 0. The Morgan fingerprint density at radius 2 is 1.83 bits per heavy atom. The molecule has 94 valence electrons. The zero-order chi connectivity index (χ0) is 13.3. The van der Waals surface area contributed by atoms with Crippen LogP contribution in [0.25, 0.3) is 11.5 Å². The van der Waals surface area contributed by atoms with Crippen molar-refractivity contribution < 1.29 is 22.4 Å². The molecule has 3 nitrogen and oxygen atoms in total. The molecule has 0 aliphatic rings. The van der Waals surface area contributed by atoms with Crippen molar-refractivity contribution in [3.05, 3.63) is 41.3 Å². The molecule has 0 aliphatic heterocycles. The summed E-state index contributed by atoms with van der Waals surface area (Å²) in [7, 11) is 0. The van der Waals surface area contributed by atoms with Gasteiger partial charge in [0.25, 0.3) is 0 Å². The number of alkyl halides is 3. The van der Waals surface area contributed by atoms with Crippen LogP contribution in [0.2, 0.25) is 0 Å². The molecule has 0 saturated heterocycles. The van der Waals surface area contributed by atoms with Crippen LogP contribution in [0.1, 0.15) is 21.8 Å². The third-order valence-corrected chi connectivity index (χ3v) is 2.40. The monoisotopic (exact) mass is 255 g/mol. The van der Waals surface area contributed by atoms with Crippen molar-refractivity contribution >= 4 is 6.29 Å². The summed E-state index contributed by atoms with van der Waals surface area (Å²) < 4.78 is 42.3. The fourth-order valence-electron chi connectivity index (χ4n) is 1.44. The number of oxazole rings is 1. The van der Waals surface area contributed by atoms with Crippen molar-refractivity contribution in [2.24, 2.45) is 0 Å². The fourth-order valence-corrected chi connectivity index (χ4v) is 1.44. The van der Waals surface area contributed by atoms with Crippen LogP contribution in [-0.2, 0) is 6.18 Å². The highest BCUT2D eigenvalue weighted by molar-refractivity contribution is 5.74. The van der Waals surface area contributed by atoms with E-state index in [4.69, 9.17) is 4.42 Å². The highest BCUT2D eigenvalue weighted by Gasteiger charge is 2.30. The van der Waals surface area contributed by atoms with E-state index in [1.54, 1.807) is 6.92 Å². The van der Waals surface area contributed by atoms with Crippen LogP contribution in [0.4, 0.5) is 13.2 Å². The summed E-state index contributed by atoms with van der Waals surface area (Å²) in [5.74, 6) is 0.461. The molecule has 18 heavy (non-hydrogen) atoms. The van der Waals surface area contributed by atoms with E-state index in [2.05, 4.69) is 4.98 Å². The second-order valence-corrected chi connectivity index (χ2v) is 3.65. The first kappa shape index (κ1) is 12.3. The van der Waals surface area contributed by atoms with Crippen LogP contribution < -0.4 is 0 Å². The molecule has 2 aromatic rings. The molecule has 0 amide bonds. The number of hydrogen-bond acceptors (Lipinski definition) is 3. The molecular formula is C12H8F3NO2. The number of carbonyl (C=O) groups is 1. The predicted octanol–water partition coefficient (Wildman–Crippen LogP) is 3.48. The van der Waals surface area contributed by atoms with Crippen molar-refractivity contribution in [2.75, 3.05) is 0 Å². The van der Waals surface area contributed by atoms with Crippen molar-refractivity contribution in [3.63, 3.8) is 0 Å². The molecule has 1 aromatic carbocycles. The Hall–Kier alpha value is -2.11. The van der Waals surface area contributed by atoms with Crippen molar-refractivity contribution in [2.45, 2.75) is 13.1 Å². The first-order valence-corrected chi connectivity index (χ1v) is 5.02.